The lowest BCUT2D eigenvalue weighted by atomic mass is 10.1. The van der Waals surface area contributed by atoms with E-state index in [9.17, 15) is 9.59 Å². The van der Waals surface area contributed by atoms with E-state index in [-0.39, 0.29) is 5.56 Å². The highest BCUT2D eigenvalue weighted by atomic mass is 35.5. The van der Waals surface area contributed by atoms with Crippen LogP contribution in [0.25, 0.3) is 16.6 Å². The van der Waals surface area contributed by atoms with E-state index in [2.05, 4.69) is 13.8 Å². The Morgan fingerprint density at radius 1 is 1.15 bits per heavy atom. The van der Waals surface area contributed by atoms with Gasteiger partial charge in [0.15, 0.2) is 4.84 Å². The minimum Gasteiger partial charge on any atom is -0.495 e. The minimum atomic E-state index is -1.21. The van der Waals surface area contributed by atoms with Gasteiger partial charge >= 0.3 is 0 Å². The summed E-state index contributed by atoms with van der Waals surface area (Å²) in [6.45, 7) is 8.36. The molecule has 1 amide bonds. The Balaban J connectivity index is 2.31. The van der Waals surface area contributed by atoms with Gasteiger partial charge in [0.2, 0.25) is 0 Å². The van der Waals surface area contributed by atoms with Gasteiger partial charge in [-0.25, -0.2) is 4.98 Å². The van der Waals surface area contributed by atoms with Crippen molar-refractivity contribution in [2.45, 2.75) is 45.0 Å². The smallest absolute Gasteiger partial charge is 0.266 e. The summed E-state index contributed by atoms with van der Waals surface area (Å²) in [5.74, 6) is 0.881. The van der Waals surface area contributed by atoms with Crippen LogP contribution >= 0.6 is 23.2 Å². The topological polar surface area (TPSA) is 64.4 Å². The second-order valence-corrected chi connectivity index (χ2v) is 9.59. The second-order valence-electron chi connectivity index (χ2n) is 8.49. The quantitative estimate of drug-likeness (QED) is 0.395. The average Bonchev–Trinajstić information content (AvgIpc) is 2.78. The fourth-order valence-corrected chi connectivity index (χ4v) is 4.05. The molecule has 8 heteroatoms. The molecule has 2 aromatic carbocycles. The first-order valence-electron chi connectivity index (χ1n) is 10.9. The normalized spacial score (nSPS) is 12.4. The molecule has 0 fully saturated rings. The maximum atomic E-state index is 13.7. The lowest BCUT2D eigenvalue weighted by Crippen LogP contribution is -2.40. The summed E-state index contributed by atoms with van der Waals surface area (Å²) < 4.78 is 7.11. The molecule has 3 aromatic rings. The van der Waals surface area contributed by atoms with E-state index >= 15 is 0 Å². The van der Waals surface area contributed by atoms with Crippen LogP contribution in [0, 0.1) is 12.8 Å². The molecule has 0 spiro atoms. The molecule has 0 bridgehead atoms. The number of para-hydroxylation sites is 1. The van der Waals surface area contributed by atoms with Gasteiger partial charge in [0, 0.05) is 6.54 Å². The van der Waals surface area contributed by atoms with Crippen LogP contribution in [0.4, 0.5) is 0 Å². The summed E-state index contributed by atoms with van der Waals surface area (Å²) in [5.41, 5.74) is 1.83. The van der Waals surface area contributed by atoms with Crippen molar-refractivity contribution in [3.05, 3.63) is 64.2 Å². The zero-order valence-electron chi connectivity index (χ0n) is 19.5. The number of benzene rings is 2. The Labute approximate surface area is 204 Å². The van der Waals surface area contributed by atoms with Crippen LogP contribution < -0.4 is 10.3 Å². The molecule has 1 heterocycles. The zero-order chi connectivity index (χ0) is 24.3. The van der Waals surface area contributed by atoms with E-state index in [0.29, 0.717) is 40.6 Å². The van der Waals surface area contributed by atoms with Gasteiger partial charge in [-0.3, -0.25) is 14.2 Å². The summed E-state index contributed by atoms with van der Waals surface area (Å²) in [5, 5.41) is 0.477. The first kappa shape index (κ1) is 25.1. The molecule has 176 valence electrons. The third-order valence-corrected chi connectivity index (χ3v) is 6.01. The molecule has 0 saturated carbocycles. The Morgan fingerprint density at radius 2 is 1.85 bits per heavy atom. The van der Waals surface area contributed by atoms with Gasteiger partial charge in [-0.2, -0.15) is 0 Å². The van der Waals surface area contributed by atoms with Gasteiger partial charge in [-0.1, -0.05) is 55.2 Å². The van der Waals surface area contributed by atoms with E-state index < -0.39 is 16.8 Å². The molecule has 0 saturated heterocycles. The predicted octanol–water partition coefficient (Wildman–Crippen LogP) is 5.44. The molecule has 1 unspecified atom stereocenters. The number of halogens is 2. The van der Waals surface area contributed by atoms with E-state index in [1.165, 1.54) is 4.57 Å². The third kappa shape index (κ3) is 5.33. The fourth-order valence-electron chi connectivity index (χ4n) is 3.79. The number of hydrogen-bond donors (Lipinski definition) is 0. The summed E-state index contributed by atoms with van der Waals surface area (Å²) in [7, 11) is 1.56. The number of ether oxygens (including phenoxy) is 1. The van der Waals surface area contributed by atoms with E-state index in [1.807, 2.05) is 38.1 Å². The molecule has 33 heavy (non-hydrogen) atoms. The predicted molar refractivity (Wildman–Crippen MR) is 134 cm³/mol. The molecule has 0 aliphatic rings. The Bertz CT molecular complexity index is 1210. The molecular formula is C25H29Cl2N3O3. The van der Waals surface area contributed by atoms with Crippen molar-refractivity contribution < 1.29 is 9.53 Å². The van der Waals surface area contributed by atoms with Crippen LogP contribution in [0.2, 0.25) is 0 Å². The molecular weight excluding hydrogens is 461 g/mol. The number of rotatable bonds is 8. The Hall–Kier alpha value is -2.57. The molecule has 0 aliphatic carbocycles. The Morgan fingerprint density at radius 3 is 2.48 bits per heavy atom. The molecule has 0 N–H and O–H groups in total. The number of methoxy groups -OCH3 is 1. The number of alkyl halides is 2. The van der Waals surface area contributed by atoms with Gasteiger partial charge in [-0.15, -0.1) is 0 Å². The van der Waals surface area contributed by atoms with Crippen molar-refractivity contribution in [3.8, 4) is 11.4 Å². The lowest BCUT2D eigenvalue weighted by Gasteiger charge is -2.31. The van der Waals surface area contributed by atoms with Gasteiger partial charge in [0.1, 0.15) is 11.6 Å². The van der Waals surface area contributed by atoms with Crippen molar-refractivity contribution in [2.24, 2.45) is 5.92 Å². The minimum absolute atomic E-state index is 0.240. The van der Waals surface area contributed by atoms with Crippen molar-refractivity contribution in [2.75, 3.05) is 13.7 Å². The maximum Gasteiger partial charge on any atom is 0.266 e. The number of carbonyl (C=O) groups is 1. The van der Waals surface area contributed by atoms with Gasteiger partial charge < -0.3 is 9.64 Å². The first-order valence-corrected chi connectivity index (χ1v) is 11.8. The maximum absolute atomic E-state index is 13.7. The van der Waals surface area contributed by atoms with E-state index in [4.69, 9.17) is 32.9 Å². The van der Waals surface area contributed by atoms with Crippen LogP contribution in [-0.2, 0) is 4.79 Å². The number of amides is 1. The molecule has 1 atom stereocenters. The third-order valence-electron chi connectivity index (χ3n) is 5.64. The standard InChI is InChI=1S/C25H29Cl2N3O3/c1-15(2)12-13-29(25(32)22(26)27)17(4)23-28-19-9-7-6-8-18(19)24(31)30(23)20-14-16(3)10-11-21(20)33-5/h6-11,14-15,17,22H,12-13H2,1-5H3. The zero-order valence-corrected chi connectivity index (χ0v) is 21.0. The summed E-state index contributed by atoms with van der Waals surface area (Å²) in [6, 6.07) is 12.2. The van der Waals surface area contributed by atoms with Crippen molar-refractivity contribution in [3.63, 3.8) is 0 Å². The molecule has 6 nitrogen and oxygen atoms in total. The van der Waals surface area contributed by atoms with Crippen LogP contribution in [0.5, 0.6) is 5.75 Å². The summed E-state index contributed by atoms with van der Waals surface area (Å²) >= 11 is 12.0. The number of fused-ring (bicyclic) bond motifs is 1. The number of hydrogen-bond acceptors (Lipinski definition) is 4. The van der Waals surface area contributed by atoms with Crippen LogP contribution in [-0.4, -0.2) is 38.8 Å². The van der Waals surface area contributed by atoms with Crippen LogP contribution in [0.1, 0.15) is 44.6 Å². The Kier molecular flexibility index (Phi) is 8.03. The van der Waals surface area contributed by atoms with E-state index in [0.717, 1.165) is 12.0 Å². The number of aromatic nitrogens is 2. The molecule has 0 radical (unpaired) electrons. The SMILES string of the molecule is COc1ccc(C)cc1-n1c(C(C)N(CCC(C)C)C(=O)C(Cl)Cl)nc2ccccc2c1=O. The molecule has 0 aliphatic heterocycles. The van der Waals surface area contributed by atoms with Crippen LogP contribution in [0.15, 0.2) is 47.3 Å². The second kappa shape index (κ2) is 10.6. The largest absolute Gasteiger partial charge is 0.495 e. The van der Waals surface area contributed by atoms with Crippen molar-refractivity contribution >= 4 is 40.0 Å². The van der Waals surface area contributed by atoms with Gasteiger partial charge in [0.05, 0.1) is 29.7 Å². The van der Waals surface area contributed by atoms with Crippen LogP contribution in [0.3, 0.4) is 0 Å². The molecule has 3 rings (SSSR count). The van der Waals surface area contributed by atoms with Gasteiger partial charge in [0.25, 0.3) is 11.5 Å². The first-order chi connectivity index (χ1) is 15.6. The highest BCUT2D eigenvalue weighted by Gasteiger charge is 2.30. The van der Waals surface area contributed by atoms with Crippen molar-refractivity contribution in [1.29, 1.82) is 0 Å². The fraction of sp³-hybridized carbons (Fsp3) is 0.400. The highest BCUT2D eigenvalue weighted by Crippen LogP contribution is 2.29. The summed E-state index contributed by atoms with van der Waals surface area (Å²) in [6.07, 6.45) is 0.752. The molecule has 1 aromatic heterocycles. The van der Waals surface area contributed by atoms with Gasteiger partial charge in [-0.05, 0) is 56.0 Å². The lowest BCUT2D eigenvalue weighted by molar-refractivity contribution is -0.131. The van der Waals surface area contributed by atoms with Crippen molar-refractivity contribution in [1.82, 2.24) is 14.5 Å². The monoisotopic (exact) mass is 489 g/mol. The highest BCUT2D eigenvalue weighted by molar-refractivity contribution is 6.53. The van der Waals surface area contributed by atoms with E-state index in [1.54, 1.807) is 30.2 Å². The average molecular weight is 490 g/mol. The number of carbonyl (C=O) groups excluding carboxylic acids is 1. The summed E-state index contributed by atoms with van der Waals surface area (Å²) in [4.78, 5) is 31.9. The number of nitrogens with zero attached hydrogens (tertiary/aromatic N) is 3. The number of aryl methyl sites for hydroxylation is 1.